The fourth-order valence-corrected chi connectivity index (χ4v) is 1.24. The number of hydrogen-bond donors (Lipinski definition) is 1. The zero-order valence-corrected chi connectivity index (χ0v) is 12.0. The lowest BCUT2D eigenvalue weighted by Gasteiger charge is -2.22. The largest absolute Gasteiger partial charge is 0.458 e. The van der Waals surface area contributed by atoms with Crippen LogP contribution in [0.5, 0.6) is 0 Å². The minimum Gasteiger partial charge on any atom is -0.458 e. The summed E-state index contributed by atoms with van der Waals surface area (Å²) in [5.74, 6) is -0.575. The molecule has 5 heteroatoms. The van der Waals surface area contributed by atoms with Gasteiger partial charge in [-0.3, -0.25) is 4.79 Å². The Bertz CT molecular complexity index is 271. The SMILES string of the molecule is CCOCCCC(=O)N[C@H](C)C(=O)OC(C)(C)C. The van der Waals surface area contributed by atoms with Gasteiger partial charge in [0, 0.05) is 19.6 Å². The molecule has 0 aromatic carbocycles. The molecule has 1 amide bonds. The van der Waals surface area contributed by atoms with Gasteiger partial charge in [-0.2, -0.15) is 0 Å². The molecule has 0 aromatic heterocycles. The van der Waals surface area contributed by atoms with Crippen LogP contribution in [0.1, 0.15) is 47.5 Å². The van der Waals surface area contributed by atoms with E-state index in [2.05, 4.69) is 5.32 Å². The third-order valence-electron chi connectivity index (χ3n) is 2.03. The van der Waals surface area contributed by atoms with Crippen molar-refractivity contribution in [3.63, 3.8) is 0 Å². The predicted molar refractivity (Wildman–Crippen MR) is 69.2 cm³/mol. The second-order valence-corrected chi connectivity index (χ2v) is 5.12. The van der Waals surface area contributed by atoms with E-state index in [1.165, 1.54) is 0 Å². The molecule has 1 atom stereocenters. The molecule has 0 aliphatic carbocycles. The molecule has 0 rings (SSSR count). The van der Waals surface area contributed by atoms with Gasteiger partial charge < -0.3 is 14.8 Å². The van der Waals surface area contributed by atoms with Crippen molar-refractivity contribution in [3.05, 3.63) is 0 Å². The van der Waals surface area contributed by atoms with Crippen LogP contribution in [-0.2, 0) is 19.1 Å². The Morgan fingerprint density at radius 1 is 1.28 bits per heavy atom. The summed E-state index contributed by atoms with van der Waals surface area (Å²) in [6.07, 6.45) is 1.01. The summed E-state index contributed by atoms with van der Waals surface area (Å²) in [7, 11) is 0. The summed E-state index contributed by atoms with van der Waals surface area (Å²) in [4.78, 5) is 23.1. The first-order valence-corrected chi connectivity index (χ1v) is 6.36. The maximum atomic E-state index is 11.6. The minimum absolute atomic E-state index is 0.159. The Kier molecular flexibility index (Phi) is 7.59. The number of hydrogen-bond acceptors (Lipinski definition) is 4. The normalized spacial score (nSPS) is 12.9. The van der Waals surface area contributed by atoms with E-state index < -0.39 is 17.6 Å². The summed E-state index contributed by atoms with van der Waals surface area (Å²) in [6, 6.07) is -0.621. The van der Waals surface area contributed by atoms with Gasteiger partial charge in [0.2, 0.25) is 5.91 Å². The van der Waals surface area contributed by atoms with E-state index >= 15 is 0 Å². The molecule has 0 bridgehead atoms. The van der Waals surface area contributed by atoms with E-state index in [4.69, 9.17) is 9.47 Å². The lowest BCUT2D eigenvalue weighted by molar-refractivity contribution is -0.158. The van der Waals surface area contributed by atoms with Gasteiger partial charge in [0.15, 0.2) is 0 Å². The molecule has 0 unspecified atom stereocenters. The van der Waals surface area contributed by atoms with E-state index in [-0.39, 0.29) is 5.91 Å². The predicted octanol–water partition coefficient (Wildman–Crippen LogP) is 1.65. The van der Waals surface area contributed by atoms with Gasteiger partial charge in [-0.25, -0.2) is 4.79 Å². The quantitative estimate of drug-likeness (QED) is 0.557. The molecule has 0 fully saturated rings. The number of amides is 1. The molecule has 0 radical (unpaired) electrons. The van der Waals surface area contributed by atoms with Gasteiger partial charge in [-0.1, -0.05) is 0 Å². The third-order valence-corrected chi connectivity index (χ3v) is 2.03. The first-order valence-electron chi connectivity index (χ1n) is 6.36. The highest BCUT2D eigenvalue weighted by molar-refractivity contribution is 5.84. The number of nitrogens with one attached hydrogen (secondary N) is 1. The van der Waals surface area contributed by atoms with Crippen LogP contribution >= 0.6 is 0 Å². The van der Waals surface area contributed by atoms with Crippen molar-refractivity contribution in [2.45, 2.75) is 59.1 Å². The molecule has 0 aliphatic heterocycles. The summed E-state index contributed by atoms with van der Waals surface area (Å²) in [5.41, 5.74) is -0.537. The number of carbonyl (C=O) groups excluding carboxylic acids is 2. The standard InChI is InChI=1S/C13H25NO4/c1-6-17-9-7-8-11(15)14-10(2)12(16)18-13(3,4)5/h10H,6-9H2,1-5H3,(H,14,15)/t10-/m1/s1. The monoisotopic (exact) mass is 259 g/mol. The fourth-order valence-electron chi connectivity index (χ4n) is 1.24. The van der Waals surface area contributed by atoms with Crippen molar-refractivity contribution < 1.29 is 19.1 Å². The molecule has 106 valence electrons. The number of rotatable bonds is 7. The smallest absolute Gasteiger partial charge is 0.328 e. The maximum Gasteiger partial charge on any atom is 0.328 e. The molecule has 18 heavy (non-hydrogen) atoms. The van der Waals surface area contributed by atoms with Crippen molar-refractivity contribution in [2.75, 3.05) is 13.2 Å². The van der Waals surface area contributed by atoms with Gasteiger partial charge in [-0.05, 0) is 41.0 Å². The van der Waals surface area contributed by atoms with Crippen molar-refractivity contribution in [1.82, 2.24) is 5.32 Å². The highest BCUT2D eigenvalue weighted by atomic mass is 16.6. The molecule has 0 aromatic rings. The molecular weight excluding hydrogens is 234 g/mol. The zero-order chi connectivity index (χ0) is 14.2. The first-order chi connectivity index (χ1) is 8.26. The first kappa shape index (κ1) is 16.9. The fraction of sp³-hybridized carbons (Fsp3) is 0.846. The van der Waals surface area contributed by atoms with Gasteiger partial charge in [-0.15, -0.1) is 0 Å². The van der Waals surface area contributed by atoms with Crippen molar-refractivity contribution >= 4 is 11.9 Å². The molecule has 0 heterocycles. The van der Waals surface area contributed by atoms with Crippen LogP contribution in [0.25, 0.3) is 0 Å². The summed E-state index contributed by atoms with van der Waals surface area (Å²) < 4.78 is 10.3. The van der Waals surface area contributed by atoms with Crippen LogP contribution in [0.3, 0.4) is 0 Å². The van der Waals surface area contributed by atoms with Crippen LogP contribution in [0.4, 0.5) is 0 Å². The van der Waals surface area contributed by atoms with Gasteiger partial charge in [0.05, 0.1) is 0 Å². The van der Waals surface area contributed by atoms with E-state index in [0.717, 1.165) is 0 Å². The van der Waals surface area contributed by atoms with E-state index in [1.807, 2.05) is 6.92 Å². The summed E-state index contributed by atoms with van der Waals surface area (Å²) in [5, 5.41) is 2.61. The number of ether oxygens (including phenoxy) is 2. The second-order valence-electron chi connectivity index (χ2n) is 5.12. The Hall–Kier alpha value is -1.10. The third kappa shape index (κ3) is 8.98. The molecule has 0 saturated heterocycles. The van der Waals surface area contributed by atoms with Crippen LogP contribution in [-0.4, -0.2) is 36.7 Å². The summed E-state index contributed by atoms with van der Waals surface area (Å²) >= 11 is 0. The second kappa shape index (κ2) is 8.08. The maximum absolute atomic E-state index is 11.6. The van der Waals surface area contributed by atoms with Gasteiger partial charge in [0.1, 0.15) is 11.6 Å². The topological polar surface area (TPSA) is 64.6 Å². The minimum atomic E-state index is -0.621. The average molecular weight is 259 g/mol. The number of carbonyl (C=O) groups is 2. The van der Waals surface area contributed by atoms with Crippen LogP contribution in [0, 0.1) is 0 Å². The Balaban J connectivity index is 3.89. The molecule has 1 N–H and O–H groups in total. The lowest BCUT2D eigenvalue weighted by atomic mass is 10.2. The van der Waals surface area contributed by atoms with E-state index in [1.54, 1.807) is 27.7 Å². The molecule has 0 spiro atoms. The van der Waals surface area contributed by atoms with Gasteiger partial charge >= 0.3 is 5.97 Å². The number of esters is 1. The highest BCUT2D eigenvalue weighted by Crippen LogP contribution is 2.08. The van der Waals surface area contributed by atoms with Crippen molar-refractivity contribution in [3.8, 4) is 0 Å². The van der Waals surface area contributed by atoms with Crippen molar-refractivity contribution in [1.29, 1.82) is 0 Å². The van der Waals surface area contributed by atoms with Crippen LogP contribution in [0.2, 0.25) is 0 Å². The molecule has 0 saturated carbocycles. The van der Waals surface area contributed by atoms with E-state index in [0.29, 0.717) is 26.1 Å². The highest BCUT2D eigenvalue weighted by Gasteiger charge is 2.22. The van der Waals surface area contributed by atoms with Crippen molar-refractivity contribution in [2.24, 2.45) is 0 Å². The van der Waals surface area contributed by atoms with Crippen LogP contribution in [0.15, 0.2) is 0 Å². The molecular formula is C13H25NO4. The Labute approximate surface area is 109 Å². The average Bonchev–Trinajstić information content (AvgIpc) is 2.22. The lowest BCUT2D eigenvalue weighted by Crippen LogP contribution is -2.42. The Morgan fingerprint density at radius 3 is 2.39 bits per heavy atom. The summed E-state index contributed by atoms with van der Waals surface area (Å²) in [6.45, 7) is 10.1. The molecule has 0 aliphatic rings. The van der Waals surface area contributed by atoms with E-state index in [9.17, 15) is 9.59 Å². The Morgan fingerprint density at radius 2 is 1.89 bits per heavy atom. The zero-order valence-electron chi connectivity index (χ0n) is 12.0. The molecule has 5 nitrogen and oxygen atoms in total. The van der Waals surface area contributed by atoms with Gasteiger partial charge in [0.25, 0.3) is 0 Å². The van der Waals surface area contributed by atoms with Crippen LogP contribution < -0.4 is 5.32 Å².